The summed E-state index contributed by atoms with van der Waals surface area (Å²) < 4.78 is 5.42. The zero-order valence-corrected chi connectivity index (χ0v) is 14.2. The summed E-state index contributed by atoms with van der Waals surface area (Å²) in [7, 11) is 0. The first-order valence-electron chi connectivity index (χ1n) is 9.06. The number of hydrogen-bond acceptors (Lipinski definition) is 4. The Morgan fingerprint density at radius 3 is 2.80 bits per heavy atom. The number of carbonyl (C=O) groups is 1. The minimum absolute atomic E-state index is 0.00958. The normalized spacial score (nSPS) is 18.3. The minimum Gasteiger partial charge on any atom is -0.508 e. The van der Waals surface area contributed by atoms with Crippen molar-refractivity contribution in [3.05, 3.63) is 34.2 Å². The Morgan fingerprint density at radius 2 is 2.00 bits per heavy atom. The van der Waals surface area contributed by atoms with Gasteiger partial charge in [0.15, 0.2) is 6.54 Å². The lowest BCUT2D eigenvalue weighted by Gasteiger charge is -2.30. The zero-order valence-electron chi connectivity index (χ0n) is 14.2. The molecule has 0 bridgehead atoms. The number of anilines is 1. The van der Waals surface area contributed by atoms with E-state index in [1.54, 1.807) is 17.0 Å². The van der Waals surface area contributed by atoms with E-state index >= 15 is 0 Å². The Hall–Kier alpha value is -2.34. The Balaban J connectivity index is 1.71. The summed E-state index contributed by atoms with van der Waals surface area (Å²) in [6.07, 6.45) is 5.07. The Bertz CT molecular complexity index is 868. The summed E-state index contributed by atoms with van der Waals surface area (Å²) in [5.74, 6) is 0.120. The van der Waals surface area contributed by atoms with Crippen molar-refractivity contribution in [3.8, 4) is 5.75 Å². The topological polar surface area (TPSA) is 75.2 Å². The van der Waals surface area contributed by atoms with Crippen molar-refractivity contribution in [2.24, 2.45) is 0 Å². The third-order valence-electron chi connectivity index (χ3n) is 5.31. The van der Waals surface area contributed by atoms with Crippen molar-refractivity contribution in [2.75, 3.05) is 31.1 Å². The number of nitrogens with zero attached hydrogens (tertiary/aromatic N) is 1. The third-order valence-corrected chi connectivity index (χ3v) is 5.31. The number of benzene rings is 1. The van der Waals surface area contributed by atoms with Gasteiger partial charge >= 0.3 is 5.63 Å². The molecule has 0 saturated carbocycles. The van der Waals surface area contributed by atoms with Gasteiger partial charge in [-0.2, -0.15) is 0 Å². The molecule has 2 N–H and O–H groups in total. The Labute approximate surface area is 145 Å². The number of amides is 1. The minimum atomic E-state index is -0.463. The SMILES string of the molecule is O=C(C[NH+]1CCCCC1)N1CCCc2c1c(=O)oc1ccc(O)cc21. The molecular weight excluding hydrogens is 320 g/mol. The number of carbonyl (C=O) groups excluding carboxylic acids is 1. The van der Waals surface area contributed by atoms with Gasteiger partial charge in [0.2, 0.25) is 0 Å². The summed E-state index contributed by atoms with van der Waals surface area (Å²) in [5, 5.41) is 10.5. The largest absolute Gasteiger partial charge is 0.508 e. The molecule has 0 radical (unpaired) electrons. The van der Waals surface area contributed by atoms with Gasteiger partial charge in [-0.1, -0.05) is 0 Å². The quantitative estimate of drug-likeness (QED) is 0.793. The average molecular weight is 343 g/mol. The number of hydrogen-bond donors (Lipinski definition) is 2. The van der Waals surface area contributed by atoms with Crippen LogP contribution in [0, 0.1) is 0 Å². The van der Waals surface area contributed by atoms with E-state index in [9.17, 15) is 14.7 Å². The lowest BCUT2D eigenvalue weighted by molar-refractivity contribution is -0.896. The van der Waals surface area contributed by atoms with Crippen molar-refractivity contribution in [2.45, 2.75) is 32.1 Å². The molecule has 2 aromatic rings. The van der Waals surface area contributed by atoms with Gasteiger partial charge < -0.3 is 19.3 Å². The summed E-state index contributed by atoms with van der Waals surface area (Å²) >= 11 is 0. The average Bonchev–Trinajstić information content (AvgIpc) is 2.63. The number of piperidine rings is 1. The molecule has 0 spiro atoms. The molecule has 1 aromatic heterocycles. The highest BCUT2D eigenvalue weighted by atomic mass is 16.4. The van der Waals surface area contributed by atoms with Gasteiger partial charge in [-0.3, -0.25) is 4.79 Å². The van der Waals surface area contributed by atoms with Crippen molar-refractivity contribution in [1.29, 1.82) is 0 Å². The van der Waals surface area contributed by atoms with E-state index in [2.05, 4.69) is 0 Å². The van der Waals surface area contributed by atoms with E-state index in [-0.39, 0.29) is 11.7 Å². The summed E-state index contributed by atoms with van der Waals surface area (Å²) in [6.45, 7) is 3.02. The standard InChI is InChI=1S/C19H22N2O4/c22-13-6-7-16-15(11-13)14-5-4-10-21(18(14)19(24)25-16)17(23)12-20-8-2-1-3-9-20/h6-7,11,22H,1-5,8-10,12H2/p+1. The van der Waals surface area contributed by atoms with Crippen LogP contribution in [0.3, 0.4) is 0 Å². The third kappa shape index (κ3) is 3.02. The molecule has 1 aromatic carbocycles. The van der Waals surface area contributed by atoms with E-state index in [1.165, 1.54) is 17.4 Å². The number of aryl methyl sites for hydroxylation is 1. The van der Waals surface area contributed by atoms with Crippen LogP contribution in [-0.2, 0) is 11.2 Å². The van der Waals surface area contributed by atoms with Gasteiger partial charge in [-0.15, -0.1) is 0 Å². The van der Waals surface area contributed by atoms with Crippen LogP contribution in [0.4, 0.5) is 5.69 Å². The van der Waals surface area contributed by atoms with Gasteiger partial charge in [-0.05, 0) is 55.9 Å². The molecule has 0 unspecified atom stereocenters. The fourth-order valence-electron chi connectivity index (χ4n) is 4.08. The number of phenols is 1. The number of phenolic OH excluding ortho intramolecular Hbond substituents is 1. The van der Waals surface area contributed by atoms with Gasteiger partial charge in [-0.25, -0.2) is 4.79 Å². The fraction of sp³-hybridized carbons (Fsp3) is 0.474. The first kappa shape index (κ1) is 16.1. The van der Waals surface area contributed by atoms with Crippen molar-refractivity contribution < 1.29 is 19.2 Å². The van der Waals surface area contributed by atoms with Crippen LogP contribution in [0.5, 0.6) is 5.75 Å². The van der Waals surface area contributed by atoms with E-state index in [0.29, 0.717) is 30.8 Å². The van der Waals surface area contributed by atoms with Crippen LogP contribution < -0.4 is 15.4 Å². The number of nitrogens with one attached hydrogen (secondary N) is 1. The molecule has 0 atom stereocenters. The molecule has 2 aliphatic heterocycles. The van der Waals surface area contributed by atoms with E-state index in [4.69, 9.17) is 4.42 Å². The highest BCUT2D eigenvalue weighted by Gasteiger charge is 2.30. The highest BCUT2D eigenvalue weighted by Crippen LogP contribution is 2.32. The van der Waals surface area contributed by atoms with Crippen LogP contribution in [0.1, 0.15) is 31.2 Å². The van der Waals surface area contributed by atoms with Crippen LogP contribution in [-0.4, -0.2) is 37.2 Å². The predicted molar refractivity (Wildman–Crippen MR) is 94.2 cm³/mol. The second-order valence-electron chi connectivity index (χ2n) is 7.03. The van der Waals surface area contributed by atoms with Crippen molar-refractivity contribution in [1.82, 2.24) is 0 Å². The first-order chi connectivity index (χ1) is 12.1. The molecule has 1 amide bonds. The van der Waals surface area contributed by atoms with Gasteiger partial charge in [0.1, 0.15) is 17.0 Å². The molecule has 25 heavy (non-hydrogen) atoms. The lowest BCUT2D eigenvalue weighted by atomic mass is 9.98. The molecule has 6 heteroatoms. The molecule has 0 aliphatic carbocycles. The fourth-order valence-corrected chi connectivity index (χ4v) is 4.08. The van der Waals surface area contributed by atoms with Crippen LogP contribution >= 0.6 is 0 Å². The summed E-state index contributed by atoms with van der Waals surface area (Å²) in [5.41, 5.74) is 1.17. The Kier molecular flexibility index (Phi) is 4.21. The van der Waals surface area contributed by atoms with Gasteiger partial charge in [0.25, 0.3) is 5.91 Å². The molecule has 132 valence electrons. The summed E-state index contributed by atoms with van der Waals surface area (Å²) in [4.78, 5) is 28.3. The van der Waals surface area contributed by atoms with E-state index in [1.807, 2.05) is 0 Å². The Morgan fingerprint density at radius 1 is 1.20 bits per heavy atom. The second-order valence-corrected chi connectivity index (χ2v) is 7.03. The van der Waals surface area contributed by atoms with Crippen LogP contribution in [0.25, 0.3) is 11.0 Å². The van der Waals surface area contributed by atoms with Crippen molar-refractivity contribution >= 4 is 22.6 Å². The smallest absolute Gasteiger partial charge is 0.360 e. The number of rotatable bonds is 2. The monoisotopic (exact) mass is 343 g/mol. The molecule has 4 rings (SSSR count). The van der Waals surface area contributed by atoms with Gasteiger partial charge in [0, 0.05) is 11.9 Å². The van der Waals surface area contributed by atoms with E-state index < -0.39 is 5.63 Å². The zero-order chi connectivity index (χ0) is 17.4. The number of aromatic hydroxyl groups is 1. The van der Waals surface area contributed by atoms with E-state index in [0.717, 1.165) is 43.3 Å². The lowest BCUT2D eigenvalue weighted by Crippen LogP contribution is -3.14. The number of fused-ring (bicyclic) bond motifs is 3. The molecule has 1 fully saturated rings. The summed E-state index contributed by atoms with van der Waals surface area (Å²) in [6, 6.07) is 4.72. The predicted octanol–water partition coefficient (Wildman–Crippen LogP) is 0.847. The molecule has 2 aliphatic rings. The maximum atomic E-state index is 12.9. The number of likely N-dealkylation sites (tertiary alicyclic amines) is 1. The first-order valence-corrected chi connectivity index (χ1v) is 9.06. The molecule has 1 saturated heterocycles. The maximum absolute atomic E-state index is 12.9. The molecule has 6 nitrogen and oxygen atoms in total. The van der Waals surface area contributed by atoms with Crippen LogP contribution in [0.2, 0.25) is 0 Å². The van der Waals surface area contributed by atoms with Crippen LogP contribution in [0.15, 0.2) is 27.4 Å². The molecular formula is C19H23N2O4+. The molecule has 3 heterocycles. The van der Waals surface area contributed by atoms with Crippen molar-refractivity contribution in [3.63, 3.8) is 0 Å². The van der Waals surface area contributed by atoms with Gasteiger partial charge in [0.05, 0.1) is 13.1 Å². The maximum Gasteiger partial charge on any atom is 0.360 e. The number of quaternary nitrogens is 1. The second kappa shape index (κ2) is 6.52. The highest BCUT2D eigenvalue weighted by molar-refractivity contribution is 5.98.